The van der Waals surface area contributed by atoms with Crippen LogP contribution in [0.3, 0.4) is 0 Å². The first-order valence-corrected chi connectivity index (χ1v) is 12.8. The molecular weight excluding hydrogens is 428 g/mol. The predicted molar refractivity (Wildman–Crippen MR) is 115 cm³/mol. The Balaban J connectivity index is 1.54. The maximum atomic E-state index is 12.7. The van der Waals surface area contributed by atoms with Crippen molar-refractivity contribution in [3.63, 3.8) is 0 Å². The fourth-order valence-corrected chi connectivity index (χ4v) is 6.60. The zero-order chi connectivity index (χ0) is 20.4. The maximum absolute atomic E-state index is 12.7. The smallest absolute Gasteiger partial charge is 0.233 e. The van der Waals surface area contributed by atoms with Crippen molar-refractivity contribution < 1.29 is 13.2 Å². The van der Waals surface area contributed by atoms with Gasteiger partial charge in [0.15, 0.2) is 20.8 Å². The lowest BCUT2D eigenvalue weighted by atomic mass is 10.2. The summed E-state index contributed by atoms with van der Waals surface area (Å²) in [6, 6.07) is 13.5. The number of para-hydroxylation sites is 1. The van der Waals surface area contributed by atoms with E-state index in [-0.39, 0.29) is 29.2 Å². The molecule has 0 bridgehead atoms. The van der Waals surface area contributed by atoms with E-state index in [0.717, 1.165) is 16.4 Å². The molecule has 1 amide bonds. The fourth-order valence-electron chi connectivity index (χ4n) is 3.25. The molecule has 0 radical (unpaired) electrons. The van der Waals surface area contributed by atoms with E-state index in [9.17, 15) is 13.2 Å². The molecule has 1 atom stereocenters. The lowest BCUT2D eigenvalue weighted by molar-refractivity contribution is -0.128. The van der Waals surface area contributed by atoms with Crippen LogP contribution in [0.4, 0.5) is 0 Å². The number of rotatable bonds is 6. The molecule has 0 aliphatic carbocycles. The van der Waals surface area contributed by atoms with E-state index < -0.39 is 9.84 Å². The molecular formula is C19H20N4O3S3. The molecule has 1 fully saturated rings. The Kier molecular flexibility index (Phi) is 5.75. The molecule has 0 N–H and O–H groups in total. The van der Waals surface area contributed by atoms with E-state index in [0.29, 0.717) is 11.6 Å². The van der Waals surface area contributed by atoms with Gasteiger partial charge in [0.25, 0.3) is 0 Å². The van der Waals surface area contributed by atoms with Gasteiger partial charge in [0.05, 0.1) is 22.1 Å². The Morgan fingerprint density at radius 1 is 1.24 bits per heavy atom. The van der Waals surface area contributed by atoms with Crippen molar-refractivity contribution in [3.05, 3.63) is 47.8 Å². The molecule has 7 nitrogen and oxygen atoms in total. The van der Waals surface area contributed by atoms with Crippen molar-refractivity contribution in [2.75, 3.05) is 24.3 Å². The minimum absolute atomic E-state index is 0.0443. The zero-order valence-corrected chi connectivity index (χ0v) is 18.2. The first kappa shape index (κ1) is 20.1. The average Bonchev–Trinajstić information content (AvgIpc) is 3.45. The van der Waals surface area contributed by atoms with Gasteiger partial charge in [-0.1, -0.05) is 36.0 Å². The van der Waals surface area contributed by atoms with Crippen molar-refractivity contribution in [2.24, 2.45) is 0 Å². The topological polar surface area (TPSA) is 85.2 Å². The Labute approximate surface area is 177 Å². The minimum Gasteiger partial charge on any atom is -0.341 e. The van der Waals surface area contributed by atoms with Gasteiger partial charge in [-0.3, -0.25) is 9.36 Å². The van der Waals surface area contributed by atoms with Crippen LogP contribution in [0, 0.1) is 0 Å². The number of amides is 1. The zero-order valence-electron chi connectivity index (χ0n) is 15.8. The highest BCUT2D eigenvalue weighted by Crippen LogP contribution is 2.30. The third-order valence-electron chi connectivity index (χ3n) is 4.86. The van der Waals surface area contributed by atoms with E-state index in [1.807, 2.05) is 52.4 Å². The number of hydrogen-bond acceptors (Lipinski definition) is 7. The molecule has 1 aromatic carbocycles. The molecule has 152 valence electrons. The Hall–Kier alpha value is -2.17. The largest absolute Gasteiger partial charge is 0.341 e. The van der Waals surface area contributed by atoms with Crippen LogP contribution >= 0.6 is 23.1 Å². The third-order valence-corrected chi connectivity index (χ3v) is 8.39. The summed E-state index contributed by atoms with van der Waals surface area (Å²) < 4.78 is 25.3. The van der Waals surface area contributed by atoms with Crippen LogP contribution in [-0.2, 0) is 14.6 Å². The van der Waals surface area contributed by atoms with Crippen LogP contribution in [0.2, 0.25) is 0 Å². The molecule has 3 heterocycles. The van der Waals surface area contributed by atoms with Crippen LogP contribution in [-0.4, -0.2) is 64.3 Å². The summed E-state index contributed by atoms with van der Waals surface area (Å²) in [5.74, 6) is 0.980. The van der Waals surface area contributed by atoms with Crippen molar-refractivity contribution >= 4 is 38.8 Å². The quantitative estimate of drug-likeness (QED) is 0.539. The number of hydrogen-bond donors (Lipinski definition) is 0. The average molecular weight is 449 g/mol. The molecule has 0 saturated carbocycles. The Bertz CT molecular complexity index is 1100. The monoisotopic (exact) mass is 448 g/mol. The lowest BCUT2D eigenvalue weighted by Crippen LogP contribution is -2.38. The predicted octanol–water partition coefficient (Wildman–Crippen LogP) is 2.73. The van der Waals surface area contributed by atoms with Gasteiger partial charge in [-0.15, -0.1) is 21.5 Å². The Morgan fingerprint density at radius 2 is 2.03 bits per heavy atom. The molecule has 1 aliphatic heterocycles. The standard InChI is InChI=1S/C19H20N4O3S3/c1-22(15-9-11-29(25,26)13-15)17(24)12-28-19-21-20-18(16-8-5-10-27-16)23(19)14-6-3-2-4-7-14/h2-8,10,15H,9,11-13H2,1H3/t15-/m0/s1. The van der Waals surface area contributed by atoms with E-state index in [2.05, 4.69) is 10.2 Å². The molecule has 1 saturated heterocycles. The number of nitrogens with zero attached hydrogens (tertiary/aromatic N) is 4. The number of benzene rings is 1. The fraction of sp³-hybridized carbons (Fsp3) is 0.316. The lowest BCUT2D eigenvalue weighted by Gasteiger charge is -2.23. The van der Waals surface area contributed by atoms with Gasteiger partial charge in [-0.2, -0.15) is 0 Å². The summed E-state index contributed by atoms with van der Waals surface area (Å²) in [5, 5.41) is 11.3. The van der Waals surface area contributed by atoms with Gasteiger partial charge in [-0.05, 0) is 30.0 Å². The van der Waals surface area contributed by atoms with E-state index in [4.69, 9.17) is 0 Å². The van der Waals surface area contributed by atoms with Crippen LogP contribution in [0.15, 0.2) is 53.0 Å². The minimum atomic E-state index is -3.03. The molecule has 29 heavy (non-hydrogen) atoms. The van der Waals surface area contributed by atoms with Gasteiger partial charge in [-0.25, -0.2) is 8.42 Å². The van der Waals surface area contributed by atoms with Crippen molar-refractivity contribution in [1.29, 1.82) is 0 Å². The van der Waals surface area contributed by atoms with Gasteiger partial charge in [0, 0.05) is 18.8 Å². The summed E-state index contributed by atoms with van der Waals surface area (Å²) in [6.45, 7) is 0. The third kappa shape index (κ3) is 4.39. The van der Waals surface area contributed by atoms with Gasteiger partial charge >= 0.3 is 0 Å². The second-order valence-electron chi connectivity index (χ2n) is 6.80. The summed E-state index contributed by atoms with van der Waals surface area (Å²) in [4.78, 5) is 15.2. The first-order chi connectivity index (χ1) is 13.9. The summed E-state index contributed by atoms with van der Waals surface area (Å²) >= 11 is 2.89. The highest BCUT2D eigenvalue weighted by Gasteiger charge is 2.32. The summed E-state index contributed by atoms with van der Waals surface area (Å²) in [5.41, 5.74) is 0.922. The van der Waals surface area contributed by atoms with E-state index in [1.54, 1.807) is 23.3 Å². The molecule has 0 spiro atoms. The molecule has 1 aliphatic rings. The number of thiophene rings is 1. The molecule has 4 rings (SSSR count). The SMILES string of the molecule is CN(C(=O)CSc1nnc(-c2cccs2)n1-c1ccccc1)[C@H]1CCS(=O)(=O)C1. The normalized spacial score (nSPS) is 18.0. The van der Waals surface area contributed by atoms with Crippen LogP contribution < -0.4 is 0 Å². The van der Waals surface area contributed by atoms with E-state index >= 15 is 0 Å². The van der Waals surface area contributed by atoms with Crippen LogP contribution in [0.1, 0.15) is 6.42 Å². The van der Waals surface area contributed by atoms with Gasteiger partial charge in [0.2, 0.25) is 5.91 Å². The van der Waals surface area contributed by atoms with Gasteiger partial charge in [0.1, 0.15) is 0 Å². The summed E-state index contributed by atoms with van der Waals surface area (Å²) in [6.07, 6.45) is 0.498. The number of carbonyl (C=O) groups is 1. The molecule has 0 unspecified atom stereocenters. The molecule has 10 heteroatoms. The molecule has 3 aromatic rings. The highest BCUT2D eigenvalue weighted by molar-refractivity contribution is 7.99. The van der Waals surface area contributed by atoms with Gasteiger partial charge < -0.3 is 4.90 Å². The van der Waals surface area contributed by atoms with E-state index in [1.165, 1.54) is 11.8 Å². The van der Waals surface area contributed by atoms with Crippen molar-refractivity contribution in [3.8, 4) is 16.4 Å². The Morgan fingerprint density at radius 3 is 2.69 bits per heavy atom. The number of sulfone groups is 1. The first-order valence-electron chi connectivity index (χ1n) is 9.08. The number of aromatic nitrogens is 3. The molecule has 2 aromatic heterocycles. The maximum Gasteiger partial charge on any atom is 0.233 e. The second kappa shape index (κ2) is 8.29. The second-order valence-corrected chi connectivity index (χ2v) is 10.9. The van der Waals surface area contributed by atoms with Crippen molar-refractivity contribution in [2.45, 2.75) is 17.6 Å². The van der Waals surface area contributed by atoms with Crippen LogP contribution in [0.25, 0.3) is 16.4 Å². The summed E-state index contributed by atoms with van der Waals surface area (Å²) in [7, 11) is -1.36. The highest BCUT2D eigenvalue weighted by atomic mass is 32.2. The van der Waals surface area contributed by atoms with Crippen LogP contribution in [0.5, 0.6) is 0 Å². The van der Waals surface area contributed by atoms with Crippen molar-refractivity contribution in [1.82, 2.24) is 19.7 Å². The number of thioether (sulfide) groups is 1. The number of carbonyl (C=O) groups excluding carboxylic acids is 1.